The number of aryl methyl sites for hydroxylation is 2. The quantitative estimate of drug-likeness (QED) is 0.472. The first kappa shape index (κ1) is 20.2. The summed E-state index contributed by atoms with van der Waals surface area (Å²) in [4.78, 5) is 24.9. The number of carbonyl (C=O) groups excluding carboxylic acids is 2. The Morgan fingerprint density at radius 3 is 2.57 bits per heavy atom. The fourth-order valence-corrected chi connectivity index (χ4v) is 4.43. The Hall–Kier alpha value is -3.06. The number of nitrogens with one attached hydrogen (secondary N) is 2. The van der Waals surface area contributed by atoms with Gasteiger partial charge >= 0.3 is 11.8 Å². The number of rotatable bonds is 6. The molecule has 1 aromatic heterocycles. The lowest BCUT2D eigenvalue weighted by atomic mass is 10.1. The van der Waals surface area contributed by atoms with Crippen molar-refractivity contribution in [3.63, 3.8) is 0 Å². The fourth-order valence-electron chi connectivity index (χ4n) is 3.40. The summed E-state index contributed by atoms with van der Waals surface area (Å²) in [6.07, 6.45) is 1.63. The third kappa shape index (κ3) is 4.57. The molecule has 7 heteroatoms. The summed E-state index contributed by atoms with van der Waals surface area (Å²) in [5.74, 6) is 0.878. The number of aromatic nitrogens is 2. The van der Waals surface area contributed by atoms with Gasteiger partial charge in [-0.15, -0.1) is 0 Å². The average Bonchev–Trinajstić information content (AvgIpc) is 3.35. The monoisotopic (exact) mass is 420 g/mol. The van der Waals surface area contributed by atoms with E-state index < -0.39 is 11.8 Å². The van der Waals surface area contributed by atoms with E-state index >= 15 is 0 Å². The molecule has 0 atom stereocenters. The van der Waals surface area contributed by atoms with Crippen LogP contribution in [-0.4, -0.2) is 28.1 Å². The Balaban J connectivity index is 1.40. The average molecular weight is 421 g/mol. The van der Waals surface area contributed by atoms with Crippen LogP contribution in [-0.2, 0) is 27.5 Å². The van der Waals surface area contributed by atoms with Gasteiger partial charge in [0, 0.05) is 23.6 Å². The minimum Gasteiger partial charge on any atom is -0.348 e. The maximum Gasteiger partial charge on any atom is 0.314 e. The van der Waals surface area contributed by atoms with Crippen molar-refractivity contribution in [1.29, 1.82) is 0 Å². The number of amides is 2. The summed E-state index contributed by atoms with van der Waals surface area (Å²) in [6, 6.07) is 18.0. The highest BCUT2D eigenvalue weighted by Crippen LogP contribution is 2.36. The predicted octanol–water partition coefficient (Wildman–Crippen LogP) is 3.62. The highest BCUT2D eigenvalue weighted by molar-refractivity contribution is 7.98. The molecule has 0 saturated heterocycles. The van der Waals surface area contributed by atoms with Gasteiger partial charge in [0.25, 0.3) is 0 Å². The number of fused-ring (bicyclic) bond motifs is 1. The van der Waals surface area contributed by atoms with Crippen molar-refractivity contribution < 1.29 is 9.59 Å². The molecule has 2 aromatic carbocycles. The van der Waals surface area contributed by atoms with Crippen molar-refractivity contribution in [2.24, 2.45) is 0 Å². The lowest BCUT2D eigenvalue weighted by Crippen LogP contribution is -2.36. The van der Waals surface area contributed by atoms with E-state index in [1.54, 1.807) is 16.4 Å². The summed E-state index contributed by atoms with van der Waals surface area (Å²) in [7, 11) is 0. The lowest BCUT2D eigenvalue weighted by Gasteiger charge is -2.11. The second-order valence-electron chi connectivity index (χ2n) is 7.31. The van der Waals surface area contributed by atoms with Crippen LogP contribution < -0.4 is 10.6 Å². The standard InChI is InChI=1S/C23H24N4O2S/c1-16-9-11-18(12-10-16)27-21(19-14-30-15-20(19)26-27)25-23(29)22(28)24-13-5-8-17-6-3-2-4-7-17/h2-4,6-7,9-12H,5,8,13-15H2,1H3,(H,24,28)(H,25,29). The van der Waals surface area contributed by atoms with E-state index in [0.717, 1.165) is 46.9 Å². The van der Waals surface area contributed by atoms with Crippen LogP contribution in [0.15, 0.2) is 54.6 Å². The van der Waals surface area contributed by atoms with E-state index in [1.165, 1.54) is 5.56 Å². The third-order valence-electron chi connectivity index (χ3n) is 5.04. The molecule has 0 aliphatic carbocycles. The smallest absolute Gasteiger partial charge is 0.314 e. The molecule has 4 rings (SSSR count). The molecule has 2 heterocycles. The Labute approximate surface area is 180 Å². The molecule has 30 heavy (non-hydrogen) atoms. The van der Waals surface area contributed by atoms with E-state index in [-0.39, 0.29) is 0 Å². The number of hydrogen-bond donors (Lipinski definition) is 2. The number of anilines is 1. The van der Waals surface area contributed by atoms with Gasteiger partial charge in [-0.25, -0.2) is 4.68 Å². The van der Waals surface area contributed by atoms with E-state index in [9.17, 15) is 9.59 Å². The molecule has 1 aliphatic heterocycles. The molecular weight excluding hydrogens is 396 g/mol. The maximum atomic E-state index is 12.5. The fraction of sp³-hybridized carbons (Fsp3) is 0.261. The van der Waals surface area contributed by atoms with Gasteiger partial charge in [0.15, 0.2) is 0 Å². The minimum absolute atomic E-state index is 0.451. The maximum absolute atomic E-state index is 12.5. The third-order valence-corrected chi connectivity index (χ3v) is 6.01. The molecule has 0 radical (unpaired) electrons. The molecule has 2 amide bonds. The largest absolute Gasteiger partial charge is 0.348 e. The van der Waals surface area contributed by atoms with E-state index in [1.807, 2.05) is 49.4 Å². The summed E-state index contributed by atoms with van der Waals surface area (Å²) in [5, 5.41) is 10.2. The summed E-state index contributed by atoms with van der Waals surface area (Å²) in [5.41, 5.74) is 5.17. The van der Waals surface area contributed by atoms with Crippen molar-refractivity contribution in [3.8, 4) is 5.69 Å². The Bertz CT molecular complexity index is 1050. The Morgan fingerprint density at radius 2 is 1.80 bits per heavy atom. The molecule has 2 N–H and O–H groups in total. The van der Waals surface area contributed by atoms with Crippen LogP contribution in [0.3, 0.4) is 0 Å². The molecular formula is C23H24N4O2S. The topological polar surface area (TPSA) is 76.0 Å². The van der Waals surface area contributed by atoms with Crippen molar-refractivity contribution in [2.75, 3.05) is 11.9 Å². The highest BCUT2D eigenvalue weighted by atomic mass is 32.2. The lowest BCUT2D eigenvalue weighted by molar-refractivity contribution is -0.136. The van der Waals surface area contributed by atoms with Crippen molar-refractivity contribution in [3.05, 3.63) is 77.0 Å². The first-order valence-electron chi connectivity index (χ1n) is 10.0. The zero-order chi connectivity index (χ0) is 20.9. The minimum atomic E-state index is -0.664. The molecule has 0 unspecified atom stereocenters. The second kappa shape index (κ2) is 9.17. The van der Waals surface area contributed by atoms with Crippen LogP contribution in [0.5, 0.6) is 0 Å². The van der Waals surface area contributed by atoms with Gasteiger partial charge in [-0.1, -0.05) is 48.0 Å². The Kier molecular flexibility index (Phi) is 6.18. The summed E-state index contributed by atoms with van der Waals surface area (Å²) >= 11 is 1.75. The zero-order valence-electron chi connectivity index (χ0n) is 16.9. The number of thioether (sulfide) groups is 1. The zero-order valence-corrected chi connectivity index (χ0v) is 17.7. The summed E-state index contributed by atoms with van der Waals surface area (Å²) < 4.78 is 1.73. The summed E-state index contributed by atoms with van der Waals surface area (Å²) in [6.45, 7) is 2.47. The van der Waals surface area contributed by atoms with Crippen molar-refractivity contribution in [1.82, 2.24) is 15.1 Å². The van der Waals surface area contributed by atoms with Gasteiger partial charge in [-0.3, -0.25) is 9.59 Å². The molecule has 0 fully saturated rings. The molecule has 3 aromatic rings. The normalized spacial score (nSPS) is 12.4. The Morgan fingerprint density at radius 1 is 1.03 bits per heavy atom. The van der Waals surface area contributed by atoms with Gasteiger partial charge in [0.05, 0.1) is 11.4 Å². The number of hydrogen-bond acceptors (Lipinski definition) is 4. The van der Waals surface area contributed by atoms with E-state index in [0.29, 0.717) is 12.4 Å². The molecule has 154 valence electrons. The molecule has 0 spiro atoms. The molecule has 0 bridgehead atoms. The van der Waals surface area contributed by atoms with Crippen LogP contribution in [0.1, 0.15) is 28.8 Å². The van der Waals surface area contributed by atoms with Gasteiger partial charge in [0.1, 0.15) is 5.82 Å². The van der Waals surface area contributed by atoms with Crippen LogP contribution in [0.25, 0.3) is 5.69 Å². The molecule has 1 aliphatic rings. The van der Waals surface area contributed by atoms with Gasteiger partial charge in [-0.05, 0) is 37.5 Å². The number of benzene rings is 2. The molecule has 6 nitrogen and oxygen atoms in total. The predicted molar refractivity (Wildman–Crippen MR) is 120 cm³/mol. The van der Waals surface area contributed by atoms with Crippen molar-refractivity contribution >= 4 is 29.4 Å². The highest BCUT2D eigenvalue weighted by Gasteiger charge is 2.26. The van der Waals surface area contributed by atoms with E-state index in [4.69, 9.17) is 0 Å². The SMILES string of the molecule is Cc1ccc(-n2nc3c(c2NC(=O)C(=O)NCCCc2ccccc2)CSC3)cc1. The van der Waals surface area contributed by atoms with Gasteiger partial charge in [-0.2, -0.15) is 16.9 Å². The van der Waals surface area contributed by atoms with Crippen LogP contribution in [0.4, 0.5) is 5.82 Å². The second-order valence-corrected chi connectivity index (χ2v) is 8.30. The van der Waals surface area contributed by atoms with Crippen LogP contribution in [0.2, 0.25) is 0 Å². The van der Waals surface area contributed by atoms with Crippen LogP contribution in [0, 0.1) is 6.92 Å². The first-order chi connectivity index (χ1) is 14.6. The van der Waals surface area contributed by atoms with Crippen molar-refractivity contribution in [2.45, 2.75) is 31.3 Å². The number of nitrogens with zero attached hydrogens (tertiary/aromatic N) is 2. The molecule has 0 saturated carbocycles. The van der Waals surface area contributed by atoms with E-state index in [2.05, 4.69) is 27.9 Å². The van der Waals surface area contributed by atoms with Gasteiger partial charge < -0.3 is 10.6 Å². The van der Waals surface area contributed by atoms with Crippen LogP contribution >= 0.6 is 11.8 Å². The van der Waals surface area contributed by atoms with Gasteiger partial charge in [0.2, 0.25) is 0 Å². The first-order valence-corrected chi connectivity index (χ1v) is 11.2. The number of carbonyl (C=O) groups is 2.